The Morgan fingerprint density at radius 2 is 2.00 bits per heavy atom. The zero-order valence-electron chi connectivity index (χ0n) is 12.7. The van der Waals surface area contributed by atoms with Gasteiger partial charge in [-0.2, -0.15) is 4.98 Å². The topological polar surface area (TPSA) is 64.9 Å². The molecule has 0 saturated carbocycles. The van der Waals surface area contributed by atoms with Gasteiger partial charge in [0.25, 0.3) is 0 Å². The van der Waals surface area contributed by atoms with Gasteiger partial charge >= 0.3 is 0 Å². The molecule has 0 amide bonds. The molecule has 2 N–H and O–H groups in total. The number of halogens is 1. The normalized spacial score (nSPS) is 12.7. The van der Waals surface area contributed by atoms with E-state index in [1.54, 1.807) is 6.07 Å². The third kappa shape index (κ3) is 3.63. The molecule has 1 aromatic heterocycles. The van der Waals surface area contributed by atoms with Crippen molar-refractivity contribution in [3.63, 3.8) is 0 Å². The molecule has 0 aliphatic heterocycles. The predicted octanol–water partition coefficient (Wildman–Crippen LogP) is 3.52. The second kappa shape index (κ2) is 5.77. The van der Waals surface area contributed by atoms with Gasteiger partial charge in [0.2, 0.25) is 5.89 Å². The van der Waals surface area contributed by atoms with Crippen LogP contribution in [0.4, 0.5) is 4.39 Å². The van der Waals surface area contributed by atoms with Crippen molar-refractivity contribution < 1.29 is 8.91 Å². The smallest absolute Gasteiger partial charge is 0.234 e. The predicted molar refractivity (Wildman–Crippen MR) is 81.6 cm³/mol. The molecule has 114 valence electrons. The third-order valence-corrected chi connectivity index (χ3v) is 4.77. The maximum Gasteiger partial charge on any atom is 0.234 e. The Labute approximate surface area is 128 Å². The number of hydrogen-bond acceptors (Lipinski definition) is 5. The summed E-state index contributed by atoms with van der Waals surface area (Å²) in [7, 11) is 0. The van der Waals surface area contributed by atoms with E-state index in [9.17, 15) is 4.39 Å². The fraction of sp³-hybridized carbons (Fsp3) is 0.467. The molecule has 2 aromatic rings. The van der Waals surface area contributed by atoms with E-state index in [0.29, 0.717) is 17.5 Å². The van der Waals surface area contributed by atoms with Crippen LogP contribution in [-0.4, -0.2) is 15.7 Å². The zero-order valence-corrected chi connectivity index (χ0v) is 13.5. The average Bonchev–Trinajstić information content (AvgIpc) is 2.84. The molecule has 4 nitrogen and oxygen atoms in total. The first-order valence-corrected chi connectivity index (χ1v) is 7.69. The van der Waals surface area contributed by atoms with Crippen LogP contribution in [0.2, 0.25) is 0 Å². The van der Waals surface area contributed by atoms with Crippen molar-refractivity contribution in [1.82, 2.24) is 10.1 Å². The fourth-order valence-corrected chi connectivity index (χ4v) is 2.33. The van der Waals surface area contributed by atoms with Crippen LogP contribution in [0.25, 0.3) is 0 Å². The molecule has 1 aromatic carbocycles. The van der Waals surface area contributed by atoms with Crippen molar-refractivity contribution in [1.29, 1.82) is 0 Å². The van der Waals surface area contributed by atoms with Crippen molar-refractivity contribution in [2.75, 3.05) is 0 Å². The number of rotatable bonds is 5. The van der Waals surface area contributed by atoms with Gasteiger partial charge in [0, 0.05) is 10.4 Å². The Hall–Kier alpha value is -1.40. The summed E-state index contributed by atoms with van der Waals surface area (Å²) in [5.41, 5.74) is 5.25. The summed E-state index contributed by atoms with van der Waals surface area (Å²) >= 11 is 1.46. The molecule has 0 aliphatic carbocycles. The molecular weight excluding hydrogens is 289 g/mol. The molecule has 0 fully saturated rings. The lowest BCUT2D eigenvalue weighted by Gasteiger charge is -2.34. The van der Waals surface area contributed by atoms with E-state index >= 15 is 0 Å². The molecule has 21 heavy (non-hydrogen) atoms. The van der Waals surface area contributed by atoms with E-state index in [4.69, 9.17) is 10.3 Å². The quantitative estimate of drug-likeness (QED) is 0.856. The molecule has 0 unspecified atom stereocenters. The second-order valence-corrected chi connectivity index (χ2v) is 7.16. The highest BCUT2D eigenvalue weighted by Gasteiger charge is 2.40. The summed E-state index contributed by atoms with van der Waals surface area (Å²) in [6, 6.07) is 6.43. The first-order valence-electron chi connectivity index (χ1n) is 6.70. The van der Waals surface area contributed by atoms with E-state index in [1.165, 1.54) is 23.9 Å². The maximum atomic E-state index is 13.1. The Balaban J connectivity index is 2.07. The molecule has 0 radical (unpaired) electrons. The Bertz CT molecular complexity index is 619. The van der Waals surface area contributed by atoms with Crippen molar-refractivity contribution in [2.24, 2.45) is 5.73 Å². The molecule has 0 saturated heterocycles. The van der Waals surface area contributed by atoms with Crippen molar-refractivity contribution in [3.8, 4) is 0 Å². The number of nitrogens with two attached hydrogens (primary N) is 1. The van der Waals surface area contributed by atoms with Crippen LogP contribution in [0.15, 0.2) is 33.7 Å². The number of benzene rings is 1. The Kier molecular flexibility index (Phi) is 4.39. The molecule has 2 rings (SSSR count). The monoisotopic (exact) mass is 309 g/mol. The lowest BCUT2D eigenvalue weighted by atomic mass is 9.75. The standard InChI is InChI=1S/C15H20FN3OS/c1-14(2,15(3,4)17)13-18-12(19-20-13)9-21-11-7-5-6-10(16)8-11/h5-8H,9,17H2,1-4H3. The van der Waals surface area contributed by atoms with Gasteiger partial charge in [-0.15, -0.1) is 11.8 Å². The van der Waals surface area contributed by atoms with Crippen LogP contribution in [-0.2, 0) is 11.2 Å². The highest BCUT2D eigenvalue weighted by atomic mass is 32.2. The van der Waals surface area contributed by atoms with Crippen molar-refractivity contribution in [2.45, 2.75) is 49.3 Å². The summed E-state index contributed by atoms with van der Waals surface area (Å²) < 4.78 is 18.4. The Morgan fingerprint density at radius 3 is 2.62 bits per heavy atom. The molecule has 0 aliphatic rings. The van der Waals surface area contributed by atoms with E-state index in [2.05, 4.69) is 10.1 Å². The SMILES string of the molecule is CC(C)(N)C(C)(C)c1nc(CSc2cccc(F)c2)no1. The largest absolute Gasteiger partial charge is 0.339 e. The first kappa shape index (κ1) is 16.0. The van der Waals surface area contributed by atoms with Crippen LogP contribution in [0, 0.1) is 5.82 Å². The minimum Gasteiger partial charge on any atom is -0.339 e. The van der Waals surface area contributed by atoms with Gasteiger partial charge in [0.05, 0.1) is 11.2 Å². The highest BCUT2D eigenvalue weighted by Crippen LogP contribution is 2.32. The fourth-order valence-electron chi connectivity index (χ4n) is 1.55. The Morgan fingerprint density at radius 1 is 1.29 bits per heavy atom. The summed E-state index contributed by atoms with van der Waals surface area (Å²) in [5, 5.41) is 3.98. The number of thioether (sulfide) groups is 1. The second-order valence-electron chi connectivity index (χ2n) is 6.11. The van der Waals surface area contributed by atoms with Gasteiger partial charge in [-0.3, -0.25) is 0 Å². The van der Waals surface area contributed by atoms with Gasteiger partial charge in [-0.1, -0.05) is 11.2 Å². The van der Waals surface area contributed by atoms with Gasteiger partial charge in [0.1, 0.15) is 5.82 Å². The number of hydrogen-bond donors (Lipinski definition) is 1. The zero-order chi connectivity index (χ0) is 15.7. The van der Waals surface area contributed by atoms with Gasteiger partial charge in [-0.05, 0) is 45.9 Å². The lowest BCUT2D eigenvalue weighted by Crippen LogP contribution is -2.50. The first-order chi connectivity index (χ1) is 9.70. The molecule has 1 heterocycles. The van der Waals surface area contributed by atoms with Crippen molar-refractivity contribution in [3.05, 3.63) is 41.8 Å². The molecular formula is C15H20FN3OS. The third-order valence-electron chi connectivity index (χ3n) is 3.78. The molecule has 6 heteroatoms. The van der Waals surface area contributed by atoms with Crippen LogP contribution in [0.3, 0.4) is 0 Å². The van der Waals surface area contributed by atoms with E-state index in [1.807, 2.05) is 33.8 Å². The van der Waals surface area contributed by atoms with Gasteiger partial charge in [0.15, 0.2) is 5.82 Å². The molecule has 0 spiro atoms. The molecule has 0 atom stereocenters. The van der Waals surface area contributed by atoms with Crippen LogP contribution in [0.5, 0.6) is 0 Å². The summed E-state index contributed by atoms with van der Waals surface area (Å²) in [6.45, 7) is 7.81. The summed E-state index contributed by atoms with van der Waals surface area (Å²) in [5.74, 6) is 1.37. The maximum absolute atomic E-state index is 13.1. The average molecular weight is 309 g/mol. The van der Waals surface area contributed by atoms with Crippen LogP contribution < -0.4 is 5.73 Å². The van der Waals surface area contributed by atoms with E-state index in [-0.39, 0.29) is 5.82 Å². The minimum absolute atomic E-state index is 0.250. The van der Waals surface area contributed by atoms with Crippen molar-refractivity contribution >= 4 is 11.8 Å². The summed E-state index contributed by atoms with van der Waals surface area (Å²) in [6.07, 6.45) is 0. The van der Waals surface area contributed by atoms with Crippen LogP contribution >= 0.6 is 11.8 Å². The van der Waals surface area contributed by atoms with E-state index in [0.717, 1.165) is 4.90 Å². The summed E-state index contributed by atoms with van der Waals surface area (Å²) in [4.78, 5) is 5.25. The molecule has 0 bridgehead atoms. The lowest BCUT2D eigenvalue weighted by molar-refractivity contribution is 0.222. The minimum atomic E-state index is -0.480. The number of aromatic nitrogens is 2. The van der Waals surface area contributed by atoms with Gasteiger partial charge in [-0.25, -0.2) is 4.39 Å². The number of nitrogens with zero attached hydrogens (tertiary/aromatic N) is 2. The van der Waals surface area contributed by atoms with E-state index < -0.39 is 11.0 Å². The van der Waals surface area contributed by atoms with Gasteiger partial charge < -0.3 is 10.3 Å². The van der Waals surface area contributed by atoms with Crippen LogP contribution in [0.1, 0.15) is 39.4 Å². The highest BCUT2D eigenvalue weighted by molar-refractivity contribution is 7.98.